The molecule has 0 unspecified atom stereocenters. The third-order valence-corrected chi connectivity index (χ3v) is 4.61. The summed E-state index contributed by atoms with van der Waals surface area (Å²) >= 11 is 0. The van der Waals surface area contributed by atoms with Crippen molar-refractivity contribution >= 4 is 16.1 Å². The molecule has 1 amide bonds. The molecule has 1 aromatic carbocycles. The van der Waals surface area contributed by atoms with Gasteiger partial charge in [-0.1, -0.05) is 24.3 Å². The summed E-state index contributed by atoms with van der Waals surface area (Å²) in [5, 5.41) is 0. The van der Waals surface area contributed by atoms with Crippen molar-refractivity contribution in [3.05, 3.63) is 48.2 Å². The zero-order chi connectivity index (χ0) is 17.7. The summed E-state index contributed by atoms with van der Waals surface area (Å²) in [7, 11) is -3.98. The van der Waals surface area contributed by atoms with Gasteiger partial charge in [-0.2, -0.15) is 0 Å². The van der Waals surface area contributed by atoms with Gasteiger partial charge in [0.15, 0.2) is 0 Å². The standard InChI is InChI=1S/C17H23NO4S/c1-6-7-8-13-18(16(19)22-17(3,4)5)23(20,21)15-11-9-14(2)10-12-15/h7,9-12H,1,8,13H2,2-5H3. The third kappa shape index (κ3) is 5.58. The molecular formula is C17H23NO4S. The van der Waals surface area contributed by atoms with Crippen molar-refractivity contribution in [1.82, 2.24) is 4.31 Å². The molecule has 1 rings (SSSR count). The summed E-state index contributed by atoms with van der Waals surface area (Å²) in [6.45, 7) is 10.3. The second-order valence-corrected chi connectivity index (χ2v) is 7.93. The molecule has 1 aromatic rings. The number of benzene rings is 1. The van der Waals surface area contributed by atoms with Crippen molar-refractivity contribution < 1.29 is 17.9 Å². The van der Waals surface area contributed by atoms with E-state index in [9.17, 15) is 13.2 Å². The Kier molecular flexibility index (Phi) is 6.19. The van der Waals surface area contributed by atoms with Crippen LogP contribution in [0, 0.1) is 6.92 Å². The first-order valence-corrected chi connectivity index (χ1v) is 8.68. The summed E-state index contributed by atoms with van der Waals surface area (Å²) in [5.74, 6) is 0. The van der Waals surface area contributed by atoms with Crippen molar-refractivity contribution in [2.75, 3.05) is 6.54 Å². The summed E-state index contributed by atoms with van der Waals surface area (Å²) in [6, 6.07) is 6.32. The van der Waals surface area contributed by atoms with Crippen LogP contribution in [0.1, 0.15) is 32.8 Å². The van der Waals surface area contributed by atoms with Gasteiger partial charge in [0, 0.05) is 6.54 Å². The minimum Gasteiger partial charge on any atom is -0.443 e. The van der Waals surface area contributed by atoms with E-state index in [4.69, 9.17) is 4.74 Å². The first-order chi connectivity index (χ1) is 10.6. The molecule has 0 aliphatic rings. The van der Waals surface area contributed by atoms with Crippen molar-refractivity contribution in [3.63, 3.8) is 0 Å². The molecule has 6 heteroatoms. The number of hydrogen-bond acceptors (Lipinski definition) is 4. The van der Waals surface area contributed by atoms with Crippen molar-refractivity contribution in [1.29, 1.82) is 0 Å². The van der Waals surface area contributed by atoms with E-state index in [-0.39, 0.29) is 11.4 Å². The summed E-state index contributed by atoms with van der Waals surface area (Å²) in [5.41, 5.74) is 2.71. The minimum atomic E-state index is -3.98. The molecule has 0 aliphatic carbocycles. The molecule has 126 valence electrons. The van der Waals surface area contributed by atoms with E-state index in [0.717, 1.165) is 9.87 Å². The van der Waals surface area contributed by atoms with Crippen LogP contribution in [0.5, 0.6) is 0 Å². The van der Waals surface area contributed by atoms with Crippen molar-refractivity contribution in [2.45, 2.75) is 44.6 Å². The third-order valence-electron chi connectivity index (χ3n) is 2.83. The van der Waals surface area contributed by atoms with E-state index < -0.39 is 21.7 Å². The van der Waals surface area contributed by atoms with Crippen LogP contribution in [-0.2, 0) is 14.8 Å². The molecule has 0 fully saturated rings. The number of ether oxygens (including phenoxy) is 1. The van der Waals surface area contributed by atoms with Crippen LogP contribution in [0.25, 0.3) is 0 Å². The van der Waals surface area contributed by atoms with Gasteiger partial charge in [0.05, 0.1) is 4.90 Å². The van der Waals surface area contributed by atoms with E-state index in [0.29, 0.717) is 6.42 Å². The lowest BCUT2D eigenvalue weighted by Crippen LogP contribution is -2.41. The predicted octanol–water partition coefficient (Wildman–Crippen LogP) is 3.65. The van der Waals surface area contributed by atoms with Gasteiger partial charge < -0.3 is 4.74 Å². The number of amides is 1. The Morgan fingerprint density at radius 1 is 1.30 bits per heavy atom. The van der Waals surface area contributed by atoms with Crippen LogP contribution in [0.3, 0.4) is 0 Å². The molecule has 0 saturated heterocycles. The van der Waals surface area contributed by atoms with Crippen molar-refractivity contribution in [3.8, 4) is 0 Å². The van der Waals surface area contributed by atoms with Gasteiger partial charge in [0.25, 0.3) is 10.0 Å². The monoisotopic (exact) mass is 337 g/mol. The molecular weight excluding hydrogens is 314 g/mol. The lowest BCUT2D eigenvalue weighted by Gasteiger charge is -2.26. The number of rotatable bonds is 5. The van der Waals surface area contributed by atoms with E-state index in [1.807, 2.05) is 6.92 Å². The summed E-state index contributed by atoms with van der Waals surface area (Å²) < 4.78 is 31.4. The highest BCUT2D eigenvalue weighted by Gasteiger charge is 2.32. The first kappa shape index (κ1) is 19.0. The lowest BCUT2D eigenvalue weighted by atomic mass is 10.2. The van der Waals surface area contributed by atoms with E-state index >= 15 is 0 Å². The number of hydrogen-bond donors (Lipinski definition) is 0. The highest BCUT2D eigenvalue weighted by molar-refractivity contribution is 7.89. The fourth-order valence-electron chi connectivity index (χ4n) is 1.74. The van der Waals surface area contributed by atoms with Crippen LogP contribution in [0.15, 0.2) is 47.5 Å². The molecule has 0 radical (unpaired) electrons. The minimum absolute atomic E-state index is 0.0341. The number of carbonyl (C=O) groups is 1. The van der Waals surface area contributed by atoms with Gasteiger partial charge in [0.1, 0.15) is 5.60 Å². The number of nitrogens with zero attached hydrogens (tertiary/aromatic N) is 1. The predicted molar refractivity (Wildman–Crippen MR) is 89.6 cm³/mol. The quantitative estimate of drug-likeness (QED) is 0.769. The number of sulfonamides is 1. The van der Waals surface area contributed by atoms with Crippen LogP contribution in [-0.4, -0.2) is 31.0 Å². The Balaban J connectivity index is 3.18. The van der Waals surface area contributed by atoms with Crippen LogP contribution in [0.2, 0.25) is 0 Å². The molecule has 0 N–H and O–H groups in total. The summed E-state index contributed by atoms with van der Waals surface area (Å²) in [6.07, 6.45) is 0.992. The van der Waals surface area contributed by atoms with E-state index in [2.05, 4.69) is 12.3 Å². The largest absolute Gasteiger partial charge is 0.443 e. The van der Waals surface area contributed by atoms with Gasteiger partial charge in [-0.05, 0) is 52.3 Å². The maximum atomic E-state index is 12.7. The number of carbonyl (C=O) groups excluding carboxylic acids is 1. The zero-order valence-corrected chi connectivity index (χ0v) is 14.8. The Bertz CT molecular complexity index is 693. The maximum absolute atomic E-state index is 12.7. The molecule has 0 bridgehead atoms. The zero-order valence-electron chi connectivity index (χ0n) is 14.0. The smallest absolute Gasteiger partial charge is 0.424 e. The van der Waals surface area contributed by atoms with Crippen LogP contribution < -0.4 is 0 Å². The van der Waals surface area contributed by atoms with Crippen molar-refractivity contribution in [2.24, 2.45) is 0 Å². The van der Waals surface area contributed by atoms with E-state index in [1.54, 1.807) is 39.0 Å². The molecule has 0 aliphatic heterocycles. The molecule has 0 aromatic heterocycles. The molecule has 0 heterocycles. The fourth-order valence-corrected chi connectivity index (χ4v) is 3.06. The van der Waals surface area contributed by atoms with Gasteiger partial charge >= 0.3 is 6.09 Å². The van der Waals surface area contributed by atoms with Gasteiger partial charge in [-0.25, -0.2) is 17.5 Å². The maximum Gasteiger partial charge on any atom is 0.424 e. The average Bonchev–Trinajstić information content (AvgIpc) is 2.41. The second-order valence-electron chi connectivity index (χ2n) is 6.07. The first-order valence-electron chi connectivity index (χ1n) is 7.24. The van der Waals surface area contributed by atoms with Crippen LogP contribution in [0.4, 0.5) is 4.79 Å². The topological polar surface area (TPSA) is 63.7 Å². The fraction of sp³-hybridized carbons (Fsp3) is 0.412. The van der Waals surface area contributed by atoms with Crippen LogP contribution >= 0.6 is 0 Å². The van der Waals surface area contributed by atoms with Gasteiger partial charge in [0.2, 0.25) is 0 Å². The molecule has 0 atom stereocenters. The highest BCUT2D eigenvalue weighted by atomic mass is 32.2. The average molecular weight is 337 g/mol. The van der Waals surface area contributed by atoms with Gasteiger partial charge in [-0.15, -0.1) is 5.73 Å². The Morgan fingerprint density at radius 2 is 1.87 bits per heavy atom. The molecule has 5 nitrogen and oxygen atoms in total. The molecule has 0 spiro atoms. The Hall–Kier alpha value is -2.04. The molecule has 0 saturated carbocycles. The Morgan fingerprint density at radius 3 is 2.35 bits per heavy atom. The normalized spacial score (nSPS) is 11.5. The van der Waals surface area contributed by atoms with Gasteiger partial charge in [-0.3, -0.25) is 0 Å². The number of aryl methyl sites for hydroxylation is 1. The highest BCUT2D eigenvalue weighted by Crippen LogP contribution is 2.20. The second kappa shape index (κ2) is 7.49. The van der Waals surface area contributed by atoms with E-state index in [1.165, 1.54) is 12.1 Å². The Labute approximate surface area is 138 Å². The SMILES string of the molecule is C=C=CCCN(C(=O)OC(C)(C)C)S(=O)(=O)c1ccc(C)cc1. The summed E-state index contributed by atoms with van der Waals surface area (Å²) in [4.78, 5) is 12.4. The molecule has 23 heavy (non-hydrogen) atoms. The lowest BCUT2D eigenvalue weighted by molar-refractivity contribution is 0.0393.